The summed E-state index contributed by atoms with van der Waals surface area (Å²) in [5, 5.41) is 3.82. The van der Waals surface area contributed by atoms with Crippen LogP contribution in [0.3, 0.4) is 0 Å². The molecule has 0 bridgehead atoms. The standard InChI is InChI=1S/C39H43N3O.HI/c1-38(2)31-15-8-10-17-33(31)41(5)35(38)25-19-27-13-12-14-28(37(27)40-29-21-23-30(43-7)24-22-29)20-26-36-39(3,4)32-16-9-11-18-34(32)42(36)6;/h8-11,15-26H,12-14H2,1-7H3;1H/b27-19+,35-25-;. The molecule has 3 aliphatic rings. The number of likely N-dealkylation sites (N-methyl/N-ethyl adjacent to an activating group) is 1. The fourth-order valence-corrected chi connectivity index (χ4v) is 7.20. The summed E-state index contributed by atoms with van der Waals surface area (Å²) in [6.07, 6.45) is 12.6. The molecule has 0 amide bonds. The number of hydrogen-bond acceptors (Lipinski definition) is 3. The van der Waals surface area contributed by atoms with Crippen molar-refractivity contribution < 1.29 is 33.3 Å². The molecule has 5 heteroatoms. The first-order valence-electron chi connectivity index (χ1n) is 15.4. The van der Waals surface area contributed by atoms with Crippen LogP contribution in [0.5, 0.6) is 5.75 Å². The Hall–Kier alpha value is -3.58. The van der Waals surface area contributed by atoms with E-state index in [9.17, 15) is 0 Å². The van der Waals surface area contributed by atoms with Crippen molar-refractivity contribution in [2.24, 2.45) is 0 Å². The van der Waals surface area contributed by atoms with Gasteiger partial charge < -0.3 is 38.9 Å². The Labute approximate surface area is 280 Å². The van der Waals surface area contributed by atoms with E-state index < -0.39 is 0 Å². The van der Waals surface area contributed by atoms with E-state index in [0.717, 1.165) is 30.7 Å². The molecule has 0 spiro atoms. The van der Waals surface area contributed by atoms with Crippen molar-refractivity contribution >= 4 is 22.8 Å². The molecule has 1 N–H and O–H groups in total. The first kappa shape index (κ1) is 31.8. The number of ether oxygens (including phenoxy) is 1. The van der Waals surface area contributed by atoms with Crippen molar-refractivity contribution in [1.29, 1.82) is 0 Å². The fraction of sp³-hybridized carbons (Fsp3) is 0.308. The zero-order chi connectivity index (χ0) is 30.4. The number of anilines is 2. The lowest BCUT2D eigenvalue weighted by molar-refractivity contribution is -0.401. The van der Waals surface area contributed by atoms with Crippen LogP contribution in [0.2, 0.25) is 0 Å². The minimum atomic E-state index is -0.0582. The zero-order valence-electron chi connectivity index (χ0n) is 27.0. The van der Waals surface area contributed by atoms with Crippen LogP contribution in [0.1, 0.15) is 58.1 Å². The SMILES string of the molecule is COc1ccc(NC2=C(/C=C/C3=[N+](C)c4ccccc4C3(C)C)CCC/C2=C\C=C2/N(C)c3ccccc3C2(C)C)cc1.[I-]. The molecule has 0 radical (unpaired) electrons. The molecule has 0 aromatic heterocycles. The highest BCUT2D eigenvalue weighted by molar-refractivity contribution is 6.03. The zero-order valence-corrected chi connectivity index (χ0v) is 29.2. The number of nitrogens with zero attached hydrogens (tertiary/aromatic N) is 2. The largest absolute Gasteiger partial charge is 1.00 e. The average Bonchev–Trinajstić information content (AvgIpc) is 3.33. The molecule has 0 atom stereocenters. The van der Waals surface area contributed by atoms with Crippen LogP contribution in [0, 0.1) is 0 Å². The number of halogens is 1. The van der Waals surface area contributed by atoms with E-state index in [-0.39, 0.29) is 34.8 Å². The number of rotatable bonds is 6. The van der Waals surface area contributed by atoms with Crippen LogP contribution in [0.25, 0.3) is 0 Å². The van der Waals surface area contributed by atoms with Crippen molar-refractivity contribution in [3.05, 3.63) is 131 Å². The summed E-state index contributed by atoms with van der Waals surface area (Å²) in [6, 6.07) is 25.8. The van der Waals surface area contributed by atoms with Gasteiger partial charge in [0, 0.05) is 52.9 Å². The van der Waals surface area contributed by atoms with Gasteiger partial charge in [-0.15, -0.1) is 0 Å². The van der Waals surface area contributed by atoms with Crippen LogP contribution in [0.15, 0.2) is 120 Å². The number of allylic oxidation sites excluding steroid dienone is 7. The molecule has 44 heavy (non-hydrogen) atoms. The lowest BCUT2D eigenvalue weighted by Crippen LogP contribution is -3.00. The Kier molecular flexibility index (Phi) is 8.99. The van der Waals surface area contributed by atoms with Gasteiger partial charge >= 0.3 is 0 Å². The van der Waals surface area contributed by atoms with Gasteiger partial charge in [-0.2, -0.15) is 4.58 Å². The van der Waals surface area contributed by atoms with Crippen molar-refractivity contribution in [2.75, 3.05) is 31.4 Å². The Morgan fingerprint density at radius 2 is 1.50 bits per heavy atom. The Balaban J connectivity index is 0.00000384. The van der Waals surface area contributed by atoms with Crippen LogP contribution in [-0.2, 0) is 10.8 Å². The molecule has 6 rings (SSSR count). The first-order valence-corrected chi connectivity index (χ1v) is 15.4. The van der Waals surface area contributed by atoms with Crippen molar-refractivity contribution in [3.63, 3.8) is 0 Å². The maximum atomic E-state index is 5.42. The predicted octanol–water partition coefficient (Wildman–Crippen LogP) is 6.05. The molecule has 0 fully saturated rings. The van der Waals surface area contributed by atoms with Crippen LogP contribution in [-0.4, -0.2) is 31.5 Å². The molecule has 1 aliphatic carbocycles. The van der Waals surface area contributed by atoms with Gasteiger partial charge in [0.25, 0.3) is 0 Å². The number of fused-ring (bicyclic) bond motifs is 2. The third-order valence-electron chi connectivity index (χ3n) is 9.66. The minimum Gasteiger partial charge on any atom is -1.00 e. The number of para-hydroxylation sites is 2. The normalized spacial score (nSPS) is 20.3. The topological polar surface area (TPSA) is 27.5 Å². The minimum absolute atomic E-state index is 0. The highest BCUT2D eigenvalue weighted by Gasteiger charge is 2.42. The predicted molar refractivity (Wildman–Crippen MR) is 181 cm³/mol. The highest BCUT2D eigenvalue weighted by atomic mass is 127. The molecule has 0 saturated carbocycles. The van der Waals surface area contributed by atoms with E-state index >= 15 is 0 Å². The van der Waals surface area contributed by atoms with Crippen molar-refractivity contribution in [2.45, 2.75) is 57.8 Å². The lowest BCUT2D eigenvalue weighted by Gasteiger charge is -2.25. The van der Waals surface area contributed by atoms with Gasteiger partial charge in [0.1, 0.15) is 12.8 Å². The summed E-state index contributed by atoms with van der Waals surface area (Å²) in [4.78, 5) is 2.35. The summed E-state index contributed by atoms with van der Waals surface area (Å²) in [5.74, 6) is 0.859. The molecule has 3 aromatic carbocycles. The number of methoxy groups -OCH3 is 1. The van der Waals surface area contributed by atoms with E-state index in [2.05, 4.69) is 142 Å². The summed E-state index contributed by atoms with van der Waals surface area (Å²) in [6.45, 7) is 9.32. The number of hydrogen-bond donors (Lipinski definition) is 1. The van der Waals surface area contributed by atoms with Crippen LogP contribution < -0.4 is 38.9 Å². The van der Waals surface area contributed by atoms with Gasteiger partial charge in [0.05, 0.1) is 12.5 Å². The Morgan fingerprint density at radius 1 is 0.818 bits per heavy atom. The smallest absolute Gasteiger partial charge is 0.209 e. The van der Waals surface area contributed by atoms with Gasteiger partial charge in [-0.3, -0.25) is 0 Å². The Morgan fingerprint density at radius 3 is 2.18 bits per heavy atom. The lowest BCUT2D eigenvalue weighted by atomic mass is 9.81. The van der Waals surface area contributed by atoms with Gasteiger partial charge in [0.15, 0.2) is 5.71 Å². The van der Waals surface area contributed by atoms with Crippen molar-refractivity contribution in [1.82, 2.24) is 0 Å². The quantitative estimate of drug-likeness (QED) is 0.251. The maximum absolute atomic E-state index is 5.42. The molecular weight excluding hydrogens is 653 g/mol. The molecule has 2 heterocycles. The summed E-state index contributed by atoms with van der Waals surface area (Å²) in [7, 11) is 6.09. The monoisotopic (exact) mass is 697 g/mol. The third kappa shape index (κ3) is 5.55. The van der Waals surface area contributed by atoms with Gasteiger partial charge in [-0.25, -0.2) is 0 Å². The van der Waals surface area contributed by atoms with E-state index in [1.165, 1.54) is 50.8 Å². The van der Waals surface area contributed by atoms with E-state index in [0.29, 0.717) is 0 Å². The number of nitrogens with one attached hydrogen (secondary N) is 1. The van der Waals surface area contributed by atoms with E-state index in [4.69, 9.17) is 4.74 Å². The first-order chi connectivity index (χ1) is 20.6. The van der Waals surface area contributed by atoms with Gasteiger partial charge in [0.2, 0.25) is 5.69 Å². The summed E-state index contributed by atoms with van der Waals surface area (Å²) >= 11 is 0. The third-order valence-corrected chi connectivity index (χ3v) is 9.66. The molecule has 3 aromatic rings. The molecule has 4 nitrogen and oxygen atoms in total. The second kappa shape index (κ2) is 12.4. The van der Waals surface area contributed by atoms with E-state index in [1.807, 2.05) is 12.1 Å². The number of benzene rings is 3. The summed E-state index contributed by atoms with van der Waals surface area (Å²) < 4.78 is 7.77. The molecule has 2 aliphatic heterocycles. The van der Waals surface area contributed by atoms with E-state index in [1.54, 1.807) is 7.11 Å². The maximum Gasteiger partial charge on any atom is 0.209 e. The summed E-state index contributed by atoms with van der Waals surface area (Å²) in [5.41, 5.74) is 12.8. The fourth-order valence-electron chi connectivity index (χ4n) is 7.20. The molecular formula is C39H44IN3O. The second-order valence-corrected chi connectivity index (χ2v) is 13.0. The van der Waals surface area contributed by atoms with Crippen molar-refractivity contribution in [3.8, 4) is 5.75 Å². The Bertz CT molecular complexity index is 1720. The second-order valence-electron chi connectivity index (χ2n) is 13.0. The van der Waals surface area contributed by atoms with Gasteiger partial charge in [-0.05, 0) is 86.2 Å². The molecule has 228 valence electrons. The van der Waals surface area contributed by atoms with Crippen LogP contribution >= 0.6 is 0 Å². The average molecular weight is 698 g/mol. The molecule has 0 saturated heterocycles. The molecule has 0 unspecified atom stereocenters. The van der Waals surface area contributed by atoms with Gasteiger partial charge in [-0.1, -0.05) is 62.4 Å². The highest BCUT2D eigenvalue weighted by Crippen LogP contribution is 2.47. The van der Waals surface area contributed by atoms with Crippen LogP contribution in [0.4, 0.5) is 17.1 Å².